The minimum Gasteiger partial charge on any atom is -0.463 e. The van der Waals surface area contributed by atoms with Gasteiger partial charge in [0.1, 0.15) is 5.76 Å². The van der Waals surface area contributed by atoms with Crippen LogP contribution in [0.25, 0.3) is 0 Å². The highest BCUT2D eigenvalue weighted by atomic mass is 35.5. The molecule has 0 aliphatic rings. The van der Waals surface area contributed by atoms with Crippen molar-refractivity contribution >= 4 is 24.5 Å². The van der Waals surface area contributed by atoms with Gasteiger partial charge in [0, 0.05) is 0 Å². The third kappa shape index (κ3) is 6.09. The zero-order valence-corrected chi connectivity index (χ0v) is 10.9. The second-order valence-electron chi connectivity index (χ2n) is 3.27. The molecule has 0 atom stereocenters. The topological polar surface area (TPSA) is 57.8 Å². The first-order valence-electron chi connectivity index (χ1n) is 5.34. The molecule has 1 rings (SSSR count). The fourth-order valence-corrected chi connectivity index (χ4v) is 1.22. The second kappa shape index (κ2) is 8.78. The lowest BCUT2D eigenvalue weighted by atomic mass is 10.4. The van der Waals surface area contributed by atoms with Crippen LogP contribution < -0.4 is 5.43 Å². The molecule has 96 valence electrons. The normalized spacial score (nSPS) is 10.5. The summed E-state index contributed by atoms with van der Waals surface area (Å²) in [7, 11) is 0. The highest BCUT2D eigenvalue weighted by Crippen LogP contribution is 1.94. The van der Waals surface area contributed by atoms with E-state index in [2.05, 4.69) is 10.5 Å². The second-order valence-corrected chi connectivity index (χ2v) is 3.27. The molecule has 0 saturated heterocycles. The maximum absolute atomic E-state index is 11.4. The molecule has 1 aromatic rings. The number of likely N-dealkylation sites (N-methyl/N-ethyl adjacent to an activating group) is 1. The number of rotatable bonds is 6. The van der Waals surface area contributed by atoms with Gasteiger partial charge < -0.3 is 4.42 Å². The predicted molar refractivity (Wildman–Crippen MR) is 69.5 cm³/mol. The van der Waals surface area contributed by atoms with E-state index in [0.29, 0.717) is 12.3 Å². The standard InChI is InChI=1S/C11H17N3O2.ClH/c1-3-14(4-2)9-11(15)13-12-8-10-6-5-7-16-10;/h5-8H,3-4,9H2,1-2H3,(H,13,15);1H/b12-8+;. The molecule has 1 amide bonds. The molecule has 1 aromatic heterocycles. The molecular formula is C11H18ClN3O2. The zero-order chi connectivity index (χ0) is 11.8. The lowest BCUT2D eigenvalue weighted by Crippen LogP contribution is -2.35. The summed E-state index contributed by atoms with van der Waals surface area (Å²) in [5.41, 5.74) is 2.45. The van der Waals surface area contributed by atoms with Gasteiger partial charge >= 0.3 is 0 Å². The van der Waals surface area contributed by atoms with Crippen molar-refractivity contribution in [3.63, 3.8) is 0 Å². The number of carbonyl (C=O) groups excluding carboxylic acids is 1. The van der Waals surface area contributed by atoms with Gasteiger partial charge in [-0.2, -0.15) is 5.10 Å². The molecular weight excluding hydrogens is 242 g/mol. The summed E-state index contributed by atoms with van der Waals surface area (Å²) in [6, 6.07) is 3.53. The van der Waals surface area contributed by atoms with Gasteiger partial charge in [0.05, 0.1) is 19.0 Å². The molecule has 0 spiro atoms. The number of halogens is 1. The predicted octanol–water partition coefficient (Wildman–Crippen LogP) is 1.49. The van der Waals surface area contributed by atoms with Gasteiger partial charge in [0.2, 0.25) is 0 Å². The van der Waals surface area contributed by atoms with E-state index >= 15 is 0 Å². The Morgan fingerprint density at radius 2 is 2.24 bits per heavy atom. The van der Waals surface area contributed by atoms with Gasteiger partial charge in [-0.15, -0.1) is 12.4 Å². The molecule has 1 N–H and O–H groups in total. The van der Waals surface area contributed by atoms with E-state index in [4.69, 9.17) is 4.42 Å². The highest BCUT2D eigenvalue weighted by Gasteiger charge is 2.05. The lowest BCUT2D eigenvalue weighted by molar-refractivity contribution is -0.122. The molecule has 0 unspecified atom stereocenters. The van der Waals surface area contributed by atoms with Crippen molar-refractivity contribution < 1.29 is 9.21 Å². The lowest BCUT2D eigenvalue weighted by Gasteiger charge is -2.15. The number of furan rings is 1. The van der Waals surface area contributed by atoms with Crippen LogP contribution in [0.15, 0.2) is 27.9 Å². The zero-order valence-electron chi connectivity index (χ0n) is 10.0. The summed E-state index contributed by atoms with van der Waals surface area (Å²) < 4.78 is 5.03. The minimum absolute atomic E-state index is 0. The Bertz CT molecular complexity index is 334. The van der Waals surface area contributed by atoms with E-state index < -0.39 is 0 Å². The summed E-state index contributed by atoms with van der Waals surface area (Å²) in [4.78, 5) is 13.4. The number of hydrogen-bond donors (Lipinski definition) is 1. The molecule has 0 bridgehead atoms. The van der Waals surface area contributed by atoms with Crippen LogP contribution in [-0.2, 0) is 4.79 Å². The van der Waals surface area contributed by atoms with Crippen molar-refractivity contribution in [3.05, 3.63) is 24.2 Å². The fraction of sp³-hybridized carbons (Fsp3) is 0.455. The van der Waals surface area contributed by atoms with Crippen LogP contribution in [0.3, 0.4) is 0 Å². The Hall–Kier alpha value is -1.33. The number of carbonyl (C=O) groups is 1. The van der Waals surface area contributed by atoms with Crippen LogP contribution in [0.4, 0.5) is 0 Å². The summed E-state index contributed by atoms with van der Waals surface area (Å²) in [5.74, 6) is 0.495. The van der Waals surface area contributed by atoms with Gasteiger partial charge in [-0.3, -0.25) is 9.69 Å². The van der Waals surface area contributed by atoms with Gasteiger partial charge in [-0.05, 0) is 25.2 Å². The van der Waals surface area contributed by atoms with Gasteiger partial charge in [0.25, 0.3) is 5.91 Å². The first kappa shape index (κ1) is 15.7. The number of nitrogens with one attached hydrogen (secondary N) is 1. The average molecular weight is 260 g/mol. The minimum atomic E-state index is -0.119. The van der Waals surface area contributed by atoms with E-state index in [1.165, 1.54) is 6.21 Å². The molecule has 6 heteroatoms. The van der Waals surface area contributed by atoms with Gasteiger partial charge in [-0.1, -0.05) is 13.8 Å². The maximum atomic E-state index is 11.4. The number of hydrazone groups is 1. The Kier molecular flexibility index (Phi) is 8.09. The van der Waals surface area contributed by atoms with Crippen LogP contribution in [0, 0.1) is 0 Å². The smallest absolute Gasteiger partial charge is 0.254 e. The summed E-state index contributed by atoms with van der Waals surface area (Å²) >= 11 is 0. The van der Waals surface area contributed by atoms with Crippen molar-refractivity contribution in [3.8, 4) is 0 Å². The van der Waals surface area contributed by atoms with Crippen LogP contribution in [-0.4, -0.2) is 36.7 Å². The van der Waals surface area contributed by atoms with Gasteiger partial charge in [0.15, 0.2) is 0 Å². The maximum Gasteiger partial charge on any atom is 0.254 e. The third-order valence-corrected chi connectivity index (χ3v) is 2.19. The van der Waals surface area contributed by atoms with Crippen LogP contribution in [0.1, 0.15) is 19.6 Å². The summed E-state index contributed by atoms with van der Waals surface area (Å²) in [5, 5.41) is 3.79. The van der Waals surface area contributed by atoms with Crippen molar-refractivity contribution in [2.45, 2.75) is 13.8 Å². The Morgan fingerprint density at radius 1 is 1.53 bits per heavy atom. The van der Waals surface area contributed by atoms with Crippen LogP contribution >= 0.6 is 12.4 Å². The first-order valence-corrected chi connectivity index (χ1v) is 5.34. The van der Waals surface area contributed by atoms with Crippen molar-refractivity contribution in [2.75, 3.05) is 19.6 Å². The molecule has 0 radical (unpaired) electrons. The summed E-state index contributed by atoms with van der Waals surface area (Å²) in [6.07, 6.45) is 3.03. The van der Waals surface area contributed by atoms with Crippen LogP contribution in [0.2, 0.25) is 0 Å². The molecule has 1 heterocycles. The average Bonchev–Trinajstić information content (AvgIpc) is 2.79. The molecule has 0 aliphatic carbocycles. The summed E-state index contributed by atoms with van der Waals surface area (Å²) in [6.45, 7) is 6.10. The molecule has 17 heavy (non-hydrogen) atoms. The van der Waals surface area contributed by atoms with Gasteiger partial charge in [-0.25, -0.2) is 5.43 Å². The number of amides is 1. The largest absolute Gasteiger partial charge is 0.463 e. The number of hydrogen-bond acceptors (Lipinski definition) is 4. The van der Waals surface area contributed by atoms with Crippen molar-refractivity contribution in [2.24, 2.45) is 5.10 Å². The van der Waals surface area contributed by atoms with E-state index in [1.807, 2.05) is 18.7 Å². The first-order chi connectivity index (χ1) is 7.76. The van der Waals surface area contributed by atoms with Crippen molar-refractivity contribution in [1.82, 2.24) is 10.3 Å². The van der Waals surface area contributed by atoms with E-state index in [0.717, 1.165) is 13.1 Å². The third-order valence-electron chi connectivity index (χ3n) is 2.19. The van der Waals surface area contributed by atoms with Crippen molar-refractivity contribution in [1.29, 1.82) is 0 Å². The molecule has 0 saturated carbocycles. The Labute approximate surface area is 107 Å². The number of nitrogens with zero attached hydrogens (tertiary/aromatic N) is 2. The molecule has 0 aromatic carbocycles. The Morgan fingerprint density at radius 3 is 2.76 bits per heavy atom. The molecule has 0 aliphatic heterocycles. The molecule has 5 nitrogen and oxygen atoms in total. The SMILES string of the molecule is CCN(CC)CC(=O)N/N=C/c1ccco1.Cl. The highest BCUT2D eigenvalue weighted by molar-refractivity contribution is 5.85. The quantitative estimate of drug-likeness (QED) is 0.622. The fourth-order valence-electron chi connectivity index (χ4n) is 1.22. The Balaban J connectivity index is 0.00000256. The van der Waals surface area contributed by atoms with E-state index in [9.17, 15) is 4.79 Å². The van der Waals surface area contributed by atoms with E-state index in [1.54, 1.807) is 18.4 Å². The monoisotopic (exact) mass is 259 g/mol. The molecule has 0 fully saturated rings. The van der Waals surface area contributed by atoms with Crippen LogP contribution in [0.5, 0.6) is 0 Å². The van der Waals surface area contributed by atoms with E-state index in [-0.39, 0.29) is 18.3 Å².